The highest BCUT2D eigenvalue weighted by molar-refractivity contribution is 7.71. The minimum absolute atomic E-state index is 0.169. The molecule has 0 amide bonds. The summed E-state index contributed by atoms with van der Waals surface area (Å²) in [5.74, 6) is -3.09. The predicted molar refractivity (Wildman–Crippen MR) is 84.0 cm³/mol. The molecule has 0 unspecified atom stereocenters. The first-order valence-corrected chi connectivity index (χ1v) is 7.79. The number of hydrogen-bond donors (Lipinski definition) is 1. The largest absolute Gasteiger partial charge is 0.332 e. The number of alkyl halides is 2. The number of nitrogens with one attached hydrogen (secondary N) is 1. The van der Waals surface area contributed by atoms with Crippen LogP contribution in [0, 0.1) is 10.6 Å². The van der Waals surface area contributed by atoms with Crippen LogP contribution in [0.1, 0.15) is 12.8 Å². The first kappa shape index (κ1) is 16.2. The molecule has 0 atom stereocenters. The quantitative estimate of drug-likeness (QED) is 0.871. The van der Waals surface area contributed by atoms with E-state index < -0.39 is 11.7 Å². The Morgan fingerprint density at radius 2 is 1.91 bits per heavy atom. The van der Waals surface area contributed by atoms with Crippen LogP contribution in [-0.4, -0.2) is 40.0 Å². The van der Waals surface area contributed by atoms with Crippen LogP contribution in [-0.2, 0) is 6.54 Å². The van der Waals surface area contributed by atoms with E-state index in [4.69, 9.17) is 12.2 Å². The van der Waals surface area contributed by atoms with Crippen LogP contribution >= 0.6 is 12.2 Å². The van der Waals surface area contributed by atoms with Crippen molar-refractivity contribution in [2.75, 3.05) is 19.6 Å². The van der Waals surface area contributed by atoms with Gasteiger partial charge in [0.2, 0.25) is 0 Å². The number of halogens is 3. The van der Waals surface area contributed by atoms with E-state index in [0.29, 0.717) is 25.2 Å². The van der Waals surface area contributed by atoms with E-state index in [9.17, 15) is 18.0 Å². The zero-order valence-corrected chi connectivity index (χ0v) is 13.1. The third-order valence-electron chi connectivity index (χ3n) is 4.17. The van der Waals surface area contributed by atoms with E-state index >= 15 is 0 Å². The summed E-state index contributed by atoms with van der Waals surface area (Å²) < 4.78 is 41.2. The van der Waals surface area contributed by atoms with Crippen molar-refractivity contribution in [2.24, 2.45) is 0 Å². The normalized spacial score (nSPS) is 18.4. The number of benzene rings is 1. The van der Waals surface area contributed by atoms with Crippen molar-refractivity contribution in [1.82, 2.24) is 14.5 Å². The molecule has 1 saturated heterocycles. The van der Waals surface area contributed by atoms with Gasteiger partial charge in [-0.1, -0.05) is 0 Å². The van der Waals surface area contributed by atoms with E-state index in [-0.39, 0.29) is 35.1 Å². The molecular formula is C15H16F3N3OS. The molecule has 3 rings (SSSR count). The molecule has 1 aliphatic rings. The van der Waals surface area contributed by atoms with Crippen LogP contribution in [0.3, 0.4) is 0 Å². The molecule has 0 aliphatic carbocycles. The molecule has 8 heteroatoms. The summed E-state index contributed by atoms with van der Waals surface area (Å²) in [5.41, 5.74) is 0.112. The van der Waals surface area contributed by atoms with Gasteiger partial charge in [0.15, 0.2) is 4.77 Å². The maximum Gasteiger partial charge on any atom is 0.262 e. The van der Waals surface area contributed by atoms with Gasteiger partial charge in [0, 0.05) is 39.0 Å². The monoisotopic (exact) mass is 343 g/mol. The molecule has 2 aromatic rings. The molecule has 1 aromatic carbocycles. The summed E-state index contributed by atoms with van der Waals surface area (Å²) in [6.07, 6.45) is -0.338. The molecule has 1 N–H and O–H groups in total. The molecule has 1 fully saturated rings. The van der Waals surface area contributed by atoms with Crippen molar-refractivity contribution in [3.05, 3.63) is 39.1 Å². The molecule has 2 heterocycles. The minimum Gasteiger partial charge on any atom is -0.332 e. The molecule has 124 valence electrons. The second-order valence-electron chi connectivity index (χ2n) is 5.77. The van der Waals surface area contributed by atoms with Gasteiger partial charge >= 0.3 is 0 Å². The maximum absolute atomic E-state index is 13.3. The van der Waals surface area contributed by atoms with Crippen molar-refractivity contribution in [3.63, 3.8) is 0 Å². The second kappa shape index (κ2) is 6.09. The number of nitrogens with zero attached hydrogens (tertiary/aromatic N) is 2. The van der Waals surface area contributed by atoms with Gasteiger partial charge in [-0.3, -0.25) is 9.36 Å². The van der Waals surface area contributed by atoms with Gasteiger partial charge in [-0.15, -0.1) is 0 Å². The van der Waals surface area contributed by atoms with E-state index in [2.05, 4.69) is 4.98 Å². The van der Waals surface area contributed by atoms with Crippen molar-refractivity contribution in [1.29, 1.82) is 0 Å². The lowest BCUT2D eigenvalue weighted by Crippen LogP contribution is -2.41. The van der Waals surface area contributed by atoms with E-state index in [1.807, 2.05) is 4.90 Å². The van der Waals surface area contributed by atoms with Crippen LogP contribution in [0.15, 0.2) is 23.0 Å². The Balaban J connectivity index is 1.81. The van der Waals surface area contributed by atoms with Crippen LogP contribution < -0.4 is 5.56 Å². The van der Waals surface area contributed by atoms with E-state index in [1.54, 1.807) is 0 Å². The average molecular weight is 343 g/mol. The van der Waals surface area contributed by atoms with Crippen molar-refractivity contribution < 1.29 is 13.2 Å². The third-order valence-corrected chi connectivity index (χ3v) is 4.49. The lowest BCUT2D eigenvalue weighted by atomic mass is 10.1. The summed E-state index contributed by atoms with van der Waals surface area (Å²) in [6, 6.07) is 3.89. The van der Waals surface area contributed by atoms with Gasteiger partial charge < -0.3 is 9.88 Å². The number of piperidine rings is 1. The zero-order valence-electron chi connectivity index (χ0n) is 12.3. The topological polar surface area (TPSA) is 41.0 Å². The summed E-state index contributed by atoms with van der Waals surface area (Å²) in [6.45, 7) is 1.32. The Bertz CT molecular complexity index is 836. The number of aromatic nitrogens is 2. The van der Waals surface area contributed by atoms with Crippen LogP contribution in [0.4, 0.5) is 13.2 Å². The SMILES string of the molecule is O=c1c2cc(F)ccc2[nH]c(=S)n1CCN1CCC(F)(F)CC1. The average Bonchev–Trinajstić information content (AvgIpc) is 2.49. The highest BCUT2D eigenvalue weighted by Crippen LogP contribution is 2.27. The molecular weight excluding hydrogens is 327 g/mol. The maximum atomic E-state index is 13.3. The van der Waals surface area contributed by atoms with Crippen molar-refractivity contribution in [2.45, 2.75) is 25.3 Å². The Kier molecular flexibility index (Phi) is 4.29. The van der Waals surface area contributed by atoms with Gasteiger partial charge in [-0.2, -0.15) is 0 Å². The fourth-order valence-corrected chi connectivity index (χ4v) is 3.06. The second-order valence-corrected chi connectivity index (χ2v) is 6.16. The molecule has 1 aliphatic heterocycles. The van der Waals surface area contributed by atoms with Crippen LogP contribution in [0.5, 0.6) is 0 Å². The smallest absolute Gasteiger partial charge is 0.262 e. The molecule has 0 bridgehead atoms. The highest BCUT2D eigenvalue weighted by Gasteiger charge is 2.33. The Labute approximate surface area is 135 Å². The fraction of sp³-hybridized carbons (Fsp3) is 0.467. The fourth-order valence-electron chi connectivity index (χ4n) is 2.77. The number of likely N-dealkylation sites (tertiary alicyclic amines) is 1. The predicted octanol–water partition coefficient (Wildman–Crippen LogP) is 2.93. The number of hydrogen-bond acceptors (Lipinski definition) is 3. The highest BCUT2D eigenvalue weighted by atomic mass is 32.1. The molecule has 0 spiro atoms. The Morgan fingerprint density at radius 1 is 1.22 bits per heavy atom. The number of rotatable bonds is 3. The van der Waals surface area contributed by atoms with Crippen molar-refractivity contribution >= 4 is 23.1 Å². The summed E-state index contributed by atoms with van der Waals surface area (Å²) in [4.78, 5) is 17.2. The number of aromatic amines is 1. The van der Waals surface area contributed by atoms with E-state index in [0.717, 1.165) is 0 Å². The molecule has 0 radical (unpaired) electrons. The molecule has 1 aromatic heterocycles. The Morgan fingerprint density at radius 3 is 2.61 bits per heavy atom. The summed E-state index contributed by atoms with van der Waals surface area (Å²) >= 11 is 5.18. The van der Waals surface area contributed by atoms with Gasteiger partial charge in [0.1, 0.15) is 5.82 Å². The first-order chi connectivity index (χ1) is 10.9. The van der Waals surface area contributed by atoms with Gasteiger partial charge in [0.05, 0.1) is 10.9 Å². The minimum atomic E-state index is -2.59. The van der Waals surface area contributed by atoms with Crippen LogP contribution in [0.2, 0.25) is 0 Å². The molecule has 23 heavy (non-hydrogen) atoms. The third kappa shape index (κ3) is 3.48. The summed E-state index contributed by atoms with van der Waals surface area (Å²) in [5, 5.41) is 0.226. The zero-order chi connectivity index (χ0) is 16.6. The first-order valence-electron chi connectivity index (χ1n) is 7.38. The number of fused-ring (bicyclic) bond motifs is 1. The van der Waals surface area contributed by atoms with Crippen LogP contribution in [0.25, 0.3) is 10.9 Å². The number of H-pyrrole nitrogens is 1. The van der Waals surface area contributed by atoms with Gasteiger partial charge in [-0.25, -0.2) is 13.2 Å². The van der Waals surface area contributed by atoms with E-state index in [1.165, 1.54) is 22.8 Å². The van der Waals surface area contributed by atoms with Gasteiger partial charge in [-0.05, 0) is 30.4 Å². The standard InChI is InChI=1S/C15H16F3N3OS/c16-10-1-2-12-11(9-10)13(22)21(14(23)19-12)8-7-20-5-3-15(17,18)4-6-20/h1-2,9H,3-8H2,(H,19,23). The Hall–Kier alpha value is -1.67. The molecule has 0 saturated carbocycles. The molecule has 4 nitrogen and oxygen atoms in total. The lowest BCUT2D eigenvalue weighted by molar-refractivity contribution is -0.0555. The van der Waals surface area contributed by atoms with Gasteiger partial charge in [0.25, 0.3) is 11.5 Å². The lowest BCUT2D eigenvalue weighted by Gasteiger charge is -2.31. The van der Waals surface area contributed by atoms with Crippen molar-refractivity contribution in [3.8, 4) is 0 Å². The summed E-state index contributed by atoms with van der Waals surface area (Å²) in [7, 11) is 0.